The third kappa shape index (κ3) is 6.01. The molecule has 0 bridgehead atoms. The summed E-state index contributed by atoms with van der Waals surface area (Å²) in [5.74, 6) is -0.569. The van der Waals surface area contributed by atoms with Crippen LogP contribution >= 0.6 is 11.6 Å². The number of fused-ring (bicyclic) bond motifs is 1. The molecule has 5 rings (SSSR count). The van der Waals surface area contributed by atoms with E-state index in [9.17, 15) is 14.7 Å². The van der Waals surface area contributed by atoms with E-state index in [1.54, 1.807) is 72.8 Å². The molecule has 0 atom stereocenters. The van der Waals surface area contributed by atoms with Gasteiger partial charge in [-0.2, -0.15) is 0 Å². The SMILES string of the molecule is COc1ccc(C(=O)Nc2ccccc2)cc1N=Nc1c(O)c(C(=O)Nc2cc(Cl)ccc2OC)cc2ccccc12. The lowest BCUT2D eigenvalue weighted by molar-refractivity contribution is 0.101. The maximum absolute atomic E-state index is 13.3. The van der Waals surface area contributed by atoms with Crippen LogP contribution in [0.15, 0.2) is 107 Å². The fraction of sp³-hybridized carbons (Fsp3) is 0.0625. The van der Waals surface area contributed by atoms with Gasteiger partial charge in [-0.05, 0) is 60.0 Å². The van der Waals surface area contributed by atoms with Gasteiger partial charge >= 0.3 is 0 Å². The van der Waals surface area contributed by atoms with Gasteiger partial charge in [0.2, 0.25) is 0 Å². The highest BCUT2D eigenvalue weighted by atomic mass is 35.5. The van der Waals surface area contributed by atoms with Crippen LogP contribution in [-0.2, 0) is 0 Å². The summed E-state index contributed by atoms with van der Waals surface area (Å²) in [5, 5.41) is 27.1. The second-order valence-electron chi connectivity index (χ2n) is 9.05. The van der Waals surface area contributed by atoms with E-state index in [-0.39, 0.29) is 28.6 Å². The molecule has 0 saturated carbocycles. The first-order chi connectivity index (χ1) is 20.4. The first-order valence-electron chi connectivity index (χ1n) is 12.7. The topological polar surface area (TPSA) is 122 Å². The lowest BCUT2D eigenvalue weighted by atomic mass is 10.0. The van der Waals surface area contributed by atoms with E-state index in [0.29, 0.717) is 44.2 Å². The summed E-state index contributed by atoms with van der Waals surface area (Å²) in [6.07, 6.45) is 0. The minimum Gasteiger partial charge on any atom is -0.505 e. The van der Waals surface area contributed by atoms with E-state index in [0.717, 1.165) is 0 Å². The molecule has 210 valence electrons. The van der Waals surface area contributed by atoms with Crippen molar-refractivity contribution in [2.75, 3.05) is 24.9 Å². The molecular formula is C32H25ClN4O5. The summed E-state index contributed by atoms with van der Waals surface area (Å²) in [6.45, 7) is 0. The number of ether oxygens (including phenoxy) is 2. The van der Waals surface area contributed by atoms with E-state index in [4.69, 9.17) is 21.1 Å². The Labute approximate surface area is 246 Å². The van der Waals surface area contributed by atoms with Gasteiger partial charge in [-0.3, -0.25) is 9.59 Å². The van der Waals surface area contributed by atoms with Gasteiger partial charge in [0.15, 0.2) is 5.75 Å². The number of anilines is 2. The average molecular weight is 581 g/mol. The van der Waals surface area contributed by atoms with Gasteiger partial charge in [0.1, 0.15) is 22.9 Å². The van der Waals surface area contributed by atoms with Gasteiger partial charge in [-0.1, -0.05) is 54.1 Å². The highest BCUT2D eigenvalue weighted by Crippen LogP contribution is 2.41. The second kappa shape index (κ2) is 12.4. The number of rotatable bonds is 8. The number of methoxy groups -OCH3 is 2. The number of carbonyl (C=O) groups excluding carboxylic acids is 2. The summed E-state index contributed by atoms with van der Waals surface area (Å²) in [4.78, 5) is 26.2. The van der Waals surface area contributed by atoms with Crippen molar-refractivity contribution in [3.63, 3.8) is 0 Å². The van der Waals surface area contributed by atoms with Gasteiger partial charge in [0.05, 0.1) is 25.5 Å². The van der Waals surface area contributed by atoms with Gasteiger partial charge in [-0.25, -0.2) is 0 Å². The number of hydrogen-bond donors (Lipinski definition) is 3. The monoisotopic (exact) mass is 580 g/mol. The number of phenols is 1. The molecule has 0 heterocycles. The quantitative estimate of drug-likeness (QED) is 0.160. The molecule has 42 heavy (non-hydrogen) atoms. The second-order valence-corrected chi connectivity index (χ2v) is 9.48. The van der Waals surface area contributed by atoms with Gasteiger partial charge in [0.25, 0.3) is 11.8 Å². The van der Waals surface area contributed by atoms with Crippen LogP contribution in [0.2, 0.25) is 5.02 Å². The van der Waals surface area contributed by atoms with Crippen molar-refractivity contribution in [1.29, 1.82) is 0 Å². The number of nitrogens with one attached hydrogen (secondary N) is 2. The number of amides is 2. The molecule has 9 nitrogen and oxygen atoms in total. The molecule has 3 N–H and O–H groups in total. The number of benzene rings is 5. The molecule has 0 saturated heterocycles. The van der Waals surface area contributed by atoms with Crippen LogP contribution in [0.4, 0.5) is 22.7 Å². The van der Waals surface area contributed by atoms with E-state index in [1.807, 2.05) is 18.2 Å². The molecule has 0 unspecified atom stereocenters. The van der Waals surface area contributed by atoms with Crippen LogP contribution < -0.4 is 20.1 Å². The number of phenolic OH excluding ortho intramolecular Hbond substituents is 1. The van der Waals surface area contributed by atoms with Crippen LogP contribution in [0.25, 0.3) is 10.8 Å². The van der Waals surface area contributed by atoms with Crippen LogP contribution in [0.1, 0.15) is 20.7 Å². The van der Waals surface area contributed by atoms with Crippen molar-refractivity contribution < 1.29 is 24.2 Å². The fourth-order valence-corrected chi connectivity index (χ4v) is 4.47. The van der Waals surface area contributed by atoms with Crippen LogP contribution in [0.3, 0.4) is 0 Å². The number of para-hydroxylation sites is 1. The molecule has 10 heteroatoms. The molecule has 5 aromatic rings. The minimum atomic E-state index is -0.604. The third-order valence-corrected chi connectivity index (χ3v) is 6.62. The molecule has 0 radical (unpaired) electrons. The van der Waals surface area contributed by atoms with Crippen molar-refractivity contribution in [3.05, 3.63) is 113 Å². The first-order valence-corrected chi connectivity index (χ1v) is 13.1. The Morgan fingerprint density at radius 1 is 0.762 bits per heavy atom. The maximum Gasteiger partial charge on any atom is 0.259 e. The zero-order chi connectivity index (χ0) is 29.6. The molecule has 0 aliphatic carbocycles. The largest absolute Gasteiger partial charge is 0.505 e. The standard InChI is InChI=1S/C32H25ClN4O5/c1-41-27-15-13-21(33)18-25(27)35-32(40)24-16-19-8-6-7-11-23(19)29(30(24)38)37-36-26-17-20(12-14-28(26)42-2)31(39)34-22-9-4-3-5-10-22/h3-18,38H,1-2H3,(H,34,39)(H,35,40). The molecular weight excluding hydrogens is 556 g/mol. The Kier molecular flexibility index (Phi) is 8.31. The Morgan fingerprint density at radius 3 is 2.24 bits per heavy atom. The molecule has 5 aromatic carbocycles. The van der Waals surface area contributed by atoms with E-state index >= 15 is 0 Å². The summed E-state index contributed by atoms with van der Waals surface area (Å²) < 4.78 is 10.8. The number of halogens is 1. The normalized spacial score (nSPS) is 10.9. The van der Waals surface area contributed by atoms with Crippen LogP contribution in [0.5, 0.6) is 17.2 Å². The summed E-state index contributed by atoms with van der Waals surface area (Å²) >= 11 is 6.11. The van der Waals surface area contributed by atoms with Crippen molar-refractivity contribution >= 4 is 56.9 Å². The molecule has 0 spiro atoms. The predicted molar refractivity (Wildman–Crippen MR) is 163 cm³/mol. The van der Waals surface area contributed by atoms with Crippen molar-refractivity contribution in [3.8, 4) is 17.2 Å². The van der Waals surface area contributed by atoms with Crippen molar-refractivity contribution in [2.45, 2.75) is 0 Å². The van der Waals surface area contributed by atoms with Gasteiger partial charge < -0.3 is 25.2 Å². The highest BCUT2D eigenvalue weighted by Gasteiger charge is 2.20. The number of azo groups is 1. The number of nitrogens with zero attached hydrogens (tertiary/aromatic N) is 2. The maximum atomic E-state index is 13.3. The van der Waals surface area contributed by atoms with E-state index in [2.05, 4.69) is 20.9 Å². The summed E-state index contributed by atoms with van der Waals surface area (Å²) in [7, 11) is 2.94. The average Bonchev–Trinajstić information content (AvgIpc) is 3.00. The molecule has 2 amide bonds. The van der Waals surface area contributed by atoms with Crippen molar-refractivity contribution in [1.82, 2.24) is 0 Å². The zero-order valence-electron chi connectivity index (χ0n) is 22.6. The molecule has 0 fully saturated rings. The summed E-state index contributed by atoms with van der Waals surface area (Å²) in [6, 6.07) is 27.3. The number of aromatic hydroxyl groups is 1. The van der Waals surface area contributed by atoms with E-state index in [1.165, 1.54) is 20.3 Å². The smallest absolute Gasteiger partial charge is 0.259 e. The third-order valence-electron chi connectivity index (χ3n) is 6.38. The Balaban J connectivity index is 1.52. The Bertz CT molecular complexity index is 1830. The summed E-state index contributed by atoms with van der Waals surface area (Å²) in [5.41, 5.74) is 1.58. The lowest BCUT2D eigenvalue weighted by Gasteiger charge is -2.13. The molecule has 0 aliphatic rings. The zero-order valence-corrected chi connectivity index (χ0v) is 23.3. The Hall–Kier alpha value is -5.41. The van der Waals surface area contributed by atoms with Crippen molar-refractivity contribution in [2.24, 2.45) is 10.2 Å². The predicted octanol–water partition coefficient (Wildman–Crippen LogP) is 8.14. The van der Waals surface area contributed by atoms with Gasteiger partial charge in [0, 0.05) is 21.7 Å². The van der Waals surface area contributed by atoms with Crippen LogP contribution in [-0.4, -0.2) is 31.1 Å². The van der Waals surface area contributed by atoms with Gasteiger partial charge in [-0.15, -0.1) is 10.2 Å². The van der Waals surface area contributed by atoms with Crippen LogP contribution in [0, 0.1) is 0 Å². The highest BCUT2D eigenvalue weighted by molar-refractivity contribution is 6.31. The number of carbonyl (C=O) groups is 2. The Morgan fingerprint density at radius 2 is 1.48 bits per heavy atom. The minimum absolute atomic E-state index is 0.0346. The van der Waals surface area contributed by atoms with E-state index < -0.39 is 5.91 Å². The molecule has 0 aromatic heterocycles. The number of hydrogen-bond acceptors (Lipinski definition) is 7. The lowest BCUT2D eigenvalue weighted by Crippen LogP contribution is -2.13. The fourth-order valence-electron chi connectivity index (χ4n) is 4.30. The first kappa shape index (κ1) is 28.1. The molecule has 0 aliphatic heterocycles.